The van der Waals surface area contributed by atoms with Crippen molar-refractivity contribution < 1.29 is 4.39 Å². The van der Waals surface area contributed by atoms with Gasteiger partial charge in [-0.15, -0.1) is 5.10 Å². The maximum Gasteiger partial charge on any atom is 0.351 e. The molecule has 0 atom stereocenters. The highest BCUT2D eigenvalue weighted by molar-refractivity contribution is 5.41. The number of para-hydroxylation sites is 1. The van der Waals surface area contributed by atoms with Gasteiger partial charge in [0.1, 0.15) is 5.82 Å². The third kappa shape index (κ3) is 1.93. The maximum atomic E-state index is 13.7. The Hall–Kier alpha value is -2.11. The van der Waals surface area contributed by atoms with Crippen LogP contribution in [0.25, 0.3) is 5.69 Å². The van der Waals surface area contributed by atoms with Crippen LogP contribution in [-0.2, 0) is 7.05 Å². The van der Waals surface area contributed by atoms with E-state index < -0.39 is 5.82 Å². The first-order valence-corrected chi connectivity index (χ1v) is 5.30. The van der Waals surface area contributed by atoms with Crippen molar-refractivity contribution in [1.29, 1.82) is 0 Å². The van der Waals surface area contributed by atoms with E-state index in [1.807, 2.05) is 6.92 Å². The topological polar surface area (TPSA) is 51.9 Å². The van der Waals surface area contributed by atoms with Crippen LogP contribution in [0.5, 0.6) is 0 Å². The maximum absolute atomic E-state index is 13.7. The molecule has 0 saturated heterocycles. The van der Waals surface area contributed by atoms with Crippen LogP contribution in [0.4, 0.5) is 10.3 Å². The quantitative estimate of drug-likeness (QED) is 0.869. The number of nitrogens with one attached hydrogen (secondary N) is 1. The molecule has 0 bridgehead atoms. The van der Waals surface area contributed by atoms with E-state index in [0.717, 1.165) is 0 Å². The van der Waals surface area contributed by atoms with Gasteiger partial charge in [0.05, 0.1) is 5.69 Å². The van der Waals surface area contributed by atoms with Gasteiger partial charge in [-0.3, -0.25) is 0 Å². The van der Waals surface area contributed by atoms with E-state index in [-0.39, 0.29) is 11.4 Å². The molecular formula is C11H13FN4O. The van der Waals surface area contributed by atoms with Gasteiger partial charge in [-0.2, -0.15) is 0 Å². The molecular weight excluding hydrogens is 223 g/mol. The molecule has 2 aromatic rings. The monoisotopic (exact) mass is 236 g/mol. The van der Waals surface area contributed by atoms with Gasteiger partial charge in [-0.05, 0) is 19.1 Å². The zero-order valence-corrected chi connectivity index (χ0v) is 9.64. The van der Waals surface area contributed by atoms with Gasteiger partial charge in [0.25, 0.3) is 0 Å². The van der Waals surface area contributed by atoms with E-state index in [1.165, 1.54) is 22.4 Å². The molecule has 2 rings (SSSR count). The number of hydrogen-bond donors (Lipinski definition) is 1. The Bertz CT molecular complexity index is 587. The van der Waals surface area contributed by atoms with Gasteiger partial charge < -0.3 is 5.32 Å². The number of aryl methyl sites for hydroxylation is 1. The van der Waals surface area contributed by atoms with Crippen LogP contribution in [0.3, 0.4) is 0 Å². The number of anilines is 1. The number of aromatic nitrogens is 3. The predicted molar refractivity (Wildman–Crippen MR) is 62.9 cm³/mol. The SMILES string of the molecule is CCNc1nn(C)c(=O)n1-c1ccccc1F. The van der Waals surface area contributed by atoms with Crippen LogP contribution >= 0.6 is 0 Å². The summed E-state index contributed by atoms with van der Waals surface area (Å²) < 4.78 is 16.1. The summed E-state index contributed by atoms with van der Waals surface area (Å²) in [5, 5.41) is 6.93. The Morgan fingerprint density at radius 3 is 2.76 bits per heavy atom. The van der Waals surface area contributed by atoms with Gasteiger partial charge in [0.15, 0.2) is 0 Å². The minimum Gasteiger partial charge on any atom is -0.354 e. The van der Waals surface area contributed by atoms with Crippen molar-refractivity contribution in [3.63, 3.8) is 0 Å². The molecule has 1 aromatic heterocycles. The van der Waals surface area contributed by atoms with Gasteiger partial charge in [-0.1, -0.05) is 12.1 Å². The van der Waals surface area contributed by atoms with Crippen molar-refractivity contribution in [3.8, 4) is 5.69 Å². The molecule has 0 aliphatic carbocycles. The first-order chi connectivity index (χ1) is 8.15. The van der Waals surface area contributed by atoms with Gasteiger partial charge in [0, 0.05) is 13.6 Å². The van der Waals surface area contributed by atoms with Crippen molar-refractivity contribution in [1.82, 2.24) is 14.3 Å². The number of halogens is 1. The molecule has 17 heavy (non-hydrogen) atoms. The van der Waals surface area contributed by atoms with Crippen molar-refractivity contribution in [2.24, 2.45) is 7.05 Å². The number of benzene rings is 1. The van der Waals surface area contributed by atoms with E-state index in [0.29, 0.717) is 12.5 Å². The number of rotatable bonds is 3. The first kappa shape index (κ1) is 11.4. The Morgan fingerprint density at radius 1 is 1.41 bits per heavy atom. The normalized spacial score (nSPS) is 10.5. The second-order valence-corrected chi connectivity index (χ2v) is 3.55. The summed E-state index contributed by atoms with van der Waals surface area (Å²) in [6.07, 6.45) is 0. The summed E-state index contributed by atoms with van der Waals surface area (Å²) in [6, 6.07) is 6.10. The smallest absolute Gasteiger partial charge is 0.351 e. The summed E-state index contributed by atoms with van der Waals surface area (Å²) in [4.78, 5) is 11.9. The first-order valence-electron chi connectivity index (χ1n) is 5.30. The van der Waals surface area contributed by atoms with Crippen LogP contribution in [0.15, 0.2) is 29.1 Å². The molecule has 0 amide bonds. The summed E-state index contributed by atoms with van der Waals surface area (Å²) in [7, 11) is 1.53. The Kier molecular flexibility index (Phi) is 2.95. The van der Waals surface area contributed by atoms with Crippen LogP contribution in [0, 0.1) is 5.82 Å². The molecule has 0 unspecified atom stereocenters. The molecule has 0 fully saturated rings. The fourth-order valence-electron chi connectivity index (χ4n) is 1.59. The standard InChI is InChI=1S/C11H13FN4O/c1-3-13-10-14-15(2)11(17)16(10)9-7-5-4-6-8(9)12/h4-7H,3H2,1-2H3,(H,13,14). The second-order valence-electron chi connectivity index (χ2n) is 3.55. The zero-order valence-electron chi connectivity index (χ0n) is 9.64. The highest BCUT2D eigenvalue weighted by Crippen LogP contribution is 2.14. The lowest BCUT2D eigenvalue weighted by molar-refractivity contribution is 0.615. The highest BCUT2D eigenvalue weighted by Gasteiger charge is 2.14. The average molecular weight is 236 g/mol. The fourth-order valence-corrected chi connectivity index (χ4v) is 1.59. The summed E-state index contributed by atoms with van der Waals surface area (Å²) in [6.45, 7) is 2.48. The molecule has 1 N–H and O–H groups in total. The summed E-state index contributed by atoms with van der Waals surface area (Å²) >= 11 is 0. The van der Waals surface area contributed by atoms with E-state index in [4.69, 9.17) is 0 Å². The lowest BCUT2D eigenvalue weighted by Gasteiger charge is -2.06. The fraction of sp³-hybridized carbons (Fsp3) is 0.273. The molecule has 1 aromatic carbocycles. The Balaban J connectivity index is 2.66. The van der Waals surface area contributed by atoms with Gasteiger partial charge in [-0.25, -0.2) is 18.4 Å². The van der Waals surface area contributed by atoms with Crippen molar-refractivity contribution >= 4 is 5.95 Å². The van der Waals surface area contributed by atoms with Gasteiger partial charge in [0.2, 0.25) is 5.95 Å². The van der Waals surface area contributed by atoms with Crippen LogP contribution < -0.4 is 11.0 Å². The predicted octanol–water partition coefficient (Wildman–Crippen LogP) is 1.14. The average Bonchev–Trinajstić information content (AvgIpc) is 2.57. The third-order valence-corrected chi connectivity index (χ3v) is 2.35. The molecule has 0 aliphatic rings. The Labute approximate surface area is 97.5 Å². The largest absolute Gasteiger partial charge is 0.354 e. The van der Waals surface area contributed by atoms with Crippen LogP contribution in [0.2, 0.25) is 0 Å². The van der Waals surface area contributed by atoms with E-state index in [9.17, 15) is 9.18 Å². The summed E-state index contributed by atoms with van der Waals surface area (Å²) in [5.74, 6) is -0.119. The molecule has 0 saturated carbocycles. The molecule has 1 heterocycles. The molecule has 0 spiro atoms. The molecule has 5 nitrogen and oxygen atoms in total. The molecule has 0 radical (unpaired) electrons. The lowest BCUT2D eigenvalue weighted by Crippen LogP contribution is -2.22. The lowest BCUT2D eigenvalue weighted by atomic mass is 10.3. The van der Waals surface area contributed by atoms with E-state index in [1.54, 1.807) is 18.2 Å². The Morgan fingerprint density at radius 2 is 2.12 bits per heavy atom. The van der Waals surface area contributed by atoms with Crippen molar-refractivity contribution in [3.05, 3.63) is 40.6 Å². The van der Waals surface area contributed by atoms with Crippen molar-refractivity contribution in [2.75, 3.05) is 11.9 Å². The van der Waals surface area contributed by atoms with E-state index in [2.05, 4.69) is 10.4 Å². The molecule has 6 heteroatoms. The number of hydrogen-bond acceptors (Lipinski definition) is 3. The van der Waals surface area contributed by atoms with Crippen LogP contribution in [-0.4, -0.2) is 20.9 Å². The minimum atomic E-state index is -0.457. The number of nitrogens with zero attached hydrogens (tertiary/aromatic N) is 3. The molecule has 0 aliphatic heterocycles. The minimum absolute atomic E-state index is 0.196. The summed E-state index contributed by atoms with van der Waals surface area (Å²) in [5.41, 5.74) is -0.187. The van der Waals surface area contributed by atoms with Crippen LogP contribution in [0.1, 0.15) is 6.92 Å². The van der Waals surface area contributed by atoms with Crippen molar-refractivity contribution in [2.45, 2.75) is 6.92 Å². The zero-order chi connectivity index (χ0) is 12.4. The van der Waals surface area contributed by atoms with Gasteiger partial charge >= 0.3 is 5.69 Å². The molecule has 90 valence electrons. The van der Waals surface area contributed by atoms with E-state index >= 15 is 0 Å². The highest BCUT2D eigenvalue weighted by atomic mass is 19.1. The third-order valence-electron chi connectivity index (χ3n) is 2.35. The second kappa shape index (κ2) is 4.40.